The second kappa shape index (κ2) is 54.8. The minimum atomic E-state index is -4.70. The number of hydrogen-bond acceptors (Lipinski definition) is 7. The minimum absolute atomic E-state index is 0.0259. The third-order valence-corrected chi connectivity index (χ3v) is 14.6. The fourth-order valence-electron chi connectivity index (χ4n) is 8.84. The van der Waals surface area contributed by atoms with Crippen LogP contribution in [-0.2, 0) is 27.9 Å². The maximum absolute atomic E-state index is 13.5. The Labute approximate surface area is 463 Å². The Kier molecular flexibility index (Phi) is 52.9. The molecule has 0 aromatic heterocycles. The van der Waals surface area contributed by atoms with Crippen molar-refractivity contribution < 1.29 is 37.3 Å². The Morgan fingerprint density at radius 3 is 1.28 bits per heavy atom. The molecular formula is C65H119N2O7P. The summed E-state index contributed by atoms with van der Waals surface area (Å²) >= 11 is 0. The molecule has 0 radical (unpaired) electrons. The molecule has 0 rings (SSSR count). The van der Waals surface area contributed by atoms with E-state index in [2.05, 4.69) is 86.8 Å². The molecule has 0 bridgehead atoms. The summed E-state index contributed by atoms with van der Waals surface area (Å²) in [5, 5.41) is 3.02. The number of unbranched alkanes of at least 4 members (excludes halogenated alkanes) is 30. The first kappa shape index (κ1) is 72.5. The van der Waals surface area contributed by atoms with Gasteiger partial charge in [0.2, 0.25) is 5.91 Å². The van der Waals surface area contributed by atoms with Gasteiger partial charge >= 0.3 is 5.97 Å². The topological polar surface area (TPSA) is 114 Å². The van der Waals surface area contributed by atoms with Gasteiger partial charge < -0.3 is 28.5 Å². The molecule has 0 heterocycles. The van der Waals surface area contributed by atoms with Gasteiger partial charge in [-0.3, -0.25) is 14.2 Å². The van der Waals surface area contributed by atoms with Crippen LogP contribution in [0, 0.1) is 0 Å². The summed E-state index contributed by atoms with van der Waals surface area (Å²) in [7, 11) is 1.18. The molecule has 10 heteroatoms. The number of phosphoric acid groups is 1. The molecule has 0 spiro atoms. The van der Waals surface area contributed by atoms with E-state index in [4.69, 9.17) is 13.8 Å². The van der Waals surface area contributed by atoms with Gasteiger partial charge in [0, 0.05) is 12.8 Å². The van der Waals surface area contributed by atoms with Crippen molar-refractivity contribution in [2.24, 2.45) is 0 Å². The molecule has 436 valence electrons. The lowest BCUT2D eigenvalue weighted by Crippen LogP contribution is -2.47. The van der Waals surface area contributed by atoms with Crippen molar-refractivity contribution in [3.8, 4) is 0 Å². The number of quaternary nitrogens is 1. The molecule has 0 aromatic rings. The lowest BCUT2D eigenvalue weighted by atomic mass is 10.0. The Bertz CT molecular complexity index is 1510. The smallest absolute Gasteiger partial charge is 0.306 e. The Morgan fingerprint density at radius 2 is 0.853 bits per heavy atom. The summed E-state index contributed by atoms with van der Waals surface area (Å²) in [6, 6.07) is -0.894. The fraction of sp³-hybridized carbons (Fsp3) is 0.785. The van der Waals surface area contributed by atoms with Crippen LogP contribution < -0.4 is 10.2 Å². The van der Waals surface area contributed by atoms with Crippen LogP contribution in [0.2, 0.25) is 0 Å². The number of phosphoric ester groups is 1. The lowest BCUT2D eigenvalue weighted by molar-refractivity contribution is -0.870. The van der Waals surface area contributed by atoms with Crippen molar-refractivity contribution in [1.82, 2.24) is 5.32 Å². The van der Waals surface area contributed by atoms with Crippen molar-refractivity contribution in [2.45, 2.75) is 290 Å². The first-order valence-corrected chi connectivity index (χ1v) is 32.7. The molecule has 0 aromatic carbocycles. The molecular weight excluding hydrogens is 952 g/mol. The molecule has 0 fully saturated rings. The van der Waals surface area contributed by atoms with Crippen LogP contribution in [0.5, 0.6) is 0 Å². The number of carbonyl (C=O) groups is 2. The number of carbonyl (C=O) groups excluding carboxylic acids is 2. The third-order valence-electron chi connectivity index (χ3n) is 13.7. The van der Waals surface area contributed by atoms with E-state index in [-0.39, 0.29) is 24.9 Å². The predicted molar refractivity (Wildman–Crippen MR) is 321 cm³/mol. The average molecular weight is 1070 g/mol. The van der Waals surface area contributed by atoms with Crippen molar-refractivity contribution in [1.29, 1.82) is 0 Å². The second-order valence-electron chi connectivity index (χ2n) is 22.2. The summed E-state index contributed by atoms with van der Waals surface area (Å²) < 4.78 is 30.3. The van der Waals surface area contributed by atoms with Gasteiger partial charge in [-0.25, -0.2) is 0 Å². The van der Waals surface area contributed by atoms with E-state index in [1.54, 1.807) is 0 Å². The highest BCUT2D eigenvalue weighted by Gasteiger charge is 2.27. The van der Waals surface area contributed by atoms with E-state index in [0.717, 1.165) is 103 Å². The summed E-state index contributed by atoms with van der Waals surface area (Å²) in [5.74, 6) is -0.549. The van der Waals surface area contributed by atoms with Gasteiger partial charge in [0.1, 0.15) is 19.3 Å². The zero-order chi connectivity index (χ0) is 55.0. The van der Waals surface area contributed by atoms with E-state index in [1.807, 2.05) is 33.3 Å². The number of esters is 1. The number of likely N-dealkylation sites (N-methyl/N-ethyl adjacent to an activating group) is 1. The molecule has 0 saturated carbocycles. The summed E-state index contributed by atoms with van der Waals surface area (Å²) in [6.07, 6.45) is 70.1. The highest BCUT2D eigenvalue weighted by molar-refractivity contribution is 7.45. The van der Waals surface area contributed by atoms with Gasteiger partial charge in [-0.05, 0) is 76.7 Å². The van der Waals surface area contributed by atoms with E-state index in [0.29, 0.717) is 17.4 Å². The molecule has 0 aliphatic rings. The average Bonchev–Trinajstić information content (AvgIpc) is 3.37. The second-order valence-corrected chi connectivity index (χ2v) is 23.6. The highest BCUT2D eigenvalue weighted by atomic mass is 31.2. The number of nitrogens with one attached hydrogen (secondary N) is 1. The zero-order valence-corrected chi connectivity index (χ0v) is 50.6. The van der Waals surface area contributed by atoms with Crippen molar-refractivity contribution >= 4 is 19.7 Å². The van der Waals surface area contributed by atoms with Gasteiger partial charge in [-0.1, -0.05) is 261 Å². The maximum atomic E-state index is 13.5. The van der Waals surface area contributed by atoms with Crippen LogP contribution in [0.1, 0.15) is 278 Å². The number of nitrogens with zero attached hydrogens (tertiary/aromatic N) is 1. The minimum Gasteiger partial charge on any atom is -0.756 e. The van der Waals surface area contributed by atoms with Crippen LogP contribution in [0.25, 0.3) is 0 Å². The molecule has 0 saturated heterocycles. The monoisotopic (exact) mass is 1070 g/mol. The summed E-state index contributed by atoms with van der Waals surface area (Å²) in [4.78, 5) is 40.0. The van der Waals surface area contributed by atoms with Crippen molar-refractivity contribution in [3.05, 3.63) is 72.9 Å². The normalized spacial score (nSPS) is 14.2. The van der Waals surface area contributed by atoms with Crippen molar-refractivity contribution in [2.75, 3.05) is 40.9 Å². The van der Waals surface area contributed by atoms with E-state index < -0.39 is 26.6 Å². The van der Waals surface area contributed by atoms with Crippen LogP contribution in [0.15, 0.2) is 72.9 Å². The summed E-state index contributed by atoms with van der Waals surface area (Å²) in [5.41, 5.74) is 0. The van der Waals surface area contributed by atoms with E-state index in [1.165, 1.54) is 141 Å². The van der Waals surface area contributed by atoms with E-state index in [9.17, 15) is 19.0 Å². The molecule has 3 unspecified atom stereocenters. The predicted octanol–water partition coefficient (Wildman–Crippen LogP) is 18.6. The third kappa shape index (κ3) is 56.0. The first-order valence-electron chi connectivity index (χ1n) is 31.2. The Balaban J connectivity index is 5.19. The molecule has 75 heavy (non-hydrogen) atoms. The largest absolute Gasteiger partial charge is 0.756 e. The molecule has 3 atom stereocenters. The molecule has 9 nitrogen and oxygen atoms in total. The van der Waals surface area contributed by atoms with Crippen LogP contribution in [-0.4, -0.2) is 69.4 Å². The number of amides is 1. The van der Waals surface area contributed by atoms with Gasteiger partial charge in [-0.2, -0.15) is 0 Å². The molecule has 0 aliphatic heterocycles. The quantitative estimate of drug-likeness (QED) is 0.0212. The number of ether oxygens (including phenoxy) is 1. The lowest BCUT2D eigenvalue weighted by Gasteiger charge is -2.30. The maximum Gasteiger partial charge on any atom is 0.306 e. The Morgan fingerprint density at radius 1 is 0.480 bits per heavy atom. The zero-order valence-electron chi connectivity index (χ0n) is 49.7. The van der Waals surface area contributed by atoms with Gasteiger partial charge in [0.15, 0.2) is 0 Å². The number of rotatable bonds is 56. The number of allylic oxidation sites excluding steroid dienone is 11. The standard InChI is InChI=1S/C65H119N2O7P/c1-7-10-13-16-19-22-25-27-29-30-31-32-33-34-35-36-38-39-42-45-48-51-54-57-64(68)66-62(61-73-75(70,71)72-60-59-67(4,5)6)63(56-53-50-47-44-41-24-21-18-15-12-9-3)74-65(69)58-55-52-49-46-43-40-37-28-26-23-20-17-14-11-8-2/h10,13,19,22,27,29,31-32,34-35,53,56,62-63H,7-9,11-12,14-18,20-21,23-26,28,30,33,36-52,54-55,57-61H2,1-6H3,(H-,66,68,70,71)/b13-10-,22-19-,29-27-,32-31-,35-34-,56-53-. The summed E-state index contributed by atoms with van der Waals surface area (Å²) in [6.45, 7) is 6.73. The molecule has 1 amide bonds. The van der Waals surface area contributed by atoms with Crippen LogP contribution in [0.3, 0.4) is 0 Å². The Hall–Kier alpha value is -2.55. The van der Waals surface area contributed by atoms with Gasteiger partial charge in [-0.15, -0.1) is 0 Å². The van der Waals surface area contributed by atoms with Gasteiger partial charge in [0.05, 0.1) is 33.8 Å². The SMILES string of the molecule is CC/C=C\C/C=C\C/C=C\C/C=C\C/C=C\CCCCCCCCCC(=O)NC(COP(=O)([O-])OCC[N+](C)(C)C)C(/C=C\CCCCCCCCCCC)OC(=O)CCCCCCCCCCCCCCCCC. The first-order chi connectivity index (χ1) is 36.4. The van der Waals surface area contributed by atoms with Crippen LogP contribution >= 0.6 is 7.82 Å². The fourth-order valence-corrected chi connectivity index (χ4v) is 9.57. The number of hydrogen-bond donors (Lipinski definition) is 1. The van der Waals surface area contributed by atoms with Gasteiger partial charge in [0.25, 0.3) is 7.82 Å². The highest BCUT2D eigenvalue weighted by Crippen LogP contribution is 2.38. The molecule has 0 aliphatic carbocycles. The van der Waals surface area contributed by atoms with E-state index >= 15 is 0 Å². The molecule has 1 N–H and O–H groups in total. The van der Waals surface area contributed by atoms with Crippen molar-refractivity contribution in [3.63, 3.8) is 0 Å². The van der Waals surface area contributed by atoms with Crippen LogP contribution in [0.4, 0.5) is 0 Å².